The maximum Gasteiger partial charge on any atom is 0.303 e. The van der Waals surface area contributed by atoms with Crippen LogP contribution in [-0.2, 0) is 10.2 Å². The average molecular weight is 312 g/mol. The SMILES string of the molecule is CNCCCN(C)S(=O)(=O)N1CCN(C)c2ccccc21. The molecule has 1 aromatic carbocycles. The van der Waals surface area contributed by atoms with Crippen LogP contribution in [0.5, 0.6) is 0 Å². The van der Waals surface area contributed by atoms with Crippen molar-refractivity contribution in [2.75, 3.05) is 56.5 Å². The highest BCUT2D eigenvalue weighted by atomic mass is 32.2. The molecule has 0 atom stereocenters. The van der Waals surface area contributed by atoms with Crippen molar-refractivity contribution in [1.82, 2.24) is 9.62 Å². The first-order valence-electron chi connectivity index (χ1n) is 7.17. The molecule has 0 bridgehead atoms. The van der Waals surface area contributed by atoms with E-state index >= 15 is 0 Å². The van der Waals surface area contributed by atoms with E-state index in [0.29, 0.717) is 19.6 Å². The summed E-state index contributed by atoms with van der Waals surface area (Å²) in [6.07, 6.45) is 0.793. The third-order valence-electron chi connectivity index (χ3n) is 3.77. The molecular formula is C14H24N4O2S. The molecule has 1 aromatic rings. The van der Waals surface area contributed by atoms with Gasteiger partial charge in [-0.15, -0.1) is 0 Å². The number of para-hydroxylation sites is 2. The van der Waals surface area contributed by atoms with Crippen molar-refractivity contribution in [1.29, 1.82) is 0 Å². The number of fused-ring (bicyclic) bond motifs is 1. The summed E-state index contributed by atoms with van der Waals surface area (Å²) in [6, 6.07) is 7.63. The summed E-state index contributed by atoms with van der Waals surface area (Å²) < 4.78 is 28.5. The van der Waals surface area contributed by atoms with Gasteiger partial charge in [-0.2, -0.15) is 12.7 Å². The molecule has 21 heavy (non-hydrogen) atoms. The van der Waals surface area contributed by atoms with E-state index in [9.17, 15) is 8.42 Å². The number of hydrogen-bond acceptors (Lipinski definition) is 4. The van der Waals surface area contributed by atoms with Crippen molar-refractivity contribution in [3.05, 3.63) is 24.3 Å². The maximum atomic E-state index is 12.8. The number of hydrogen-bond donors (Lipinski definition) is 1. The number of nitrogens with zero attached hydrogens (tertiary/aromatic N) is 3. The Balaban J connectivity index is 2.23. The van der Waals surface area contributed by atoms with Crippen LogP contribution in [0, 0.1) is 0 Å². The Labute approximate surface area is 127 Å². The van der Waals surface area contributed by atoms with Crippen LogP contribution in [0.1, 0.15) is 6.42 Å². The molecule has 0 unspecified atom stereocenters. The first-order chi connectivity index (χ1) is 9.98. The van der Waals surface area contributed by atoms with Crippen LogP contribution in [0.3, 0.4) is 0 Å². The van der Waals surface area contributed by atoms with Crippen LogP contribution in [0.4, 0.5) is 11.4 Å². The lowest BCUT2D eigenvalue weighted by atomic mass is 10.2. The molecule has 1 heterocycles. The topological polar surface area (TPSA) is 55.9 Å². The van der Waals surface area contributed by atoms with E-state index in [2.05, 4.69) is 10.2 Å². The standard InChI is InChI=1S/C14H24N4O2S/c1-15-9-6-10-17(3)21(19,20)18-12-11-16(2)13-7-4-5-8-14(13)18/h4-5,7-8,15H,6,9-12H2,1-3H3. The van der Waals surface area contributed by atoms with Crippen molar-refractivity contribution in [2.24, 2.45) is 0 Å². The van der Waals surface area contributed by atoms with Crippen LogP contribution in [0.15, 0.2) is 24.3 Å². The fraction of sp³-hybridized carbons (Fsp3) is 0.571. The quantitative estimate of drug-likeness (QED) is 0.787. The van der Waals surface area contributed by atoms with E-state index in [1.54, 1.807) is 7.05 Å². The zero-order chi connectivity index (χ0) is 15.5. The van der Waals surface area contributed by atoms with E-state index in [0.717, 1.165) is 24.3 Å². The van der Waals surface area contributed by atoms with Crippen LogP contribution >= 0.6 is 0 Å². The van der Waals surface area contributed by atoms with Gasteiger partial charge < -0.3 is 10.2 Å². The first-order valence-corrected chi connectivity index (χ1v) is 8.57. The van der Waals surface area contributed by atoms with Crippen LogP contribution < -0.4 is 14.5 Å². The predicted octanol–water partition coefficient (Wildman–Crippen LogP) is 0.729. The number of anilines is 2. The summed E-state index contributed by atoms with van der Waals surface area (Å²) in [5, 5.41) is 3.03. The Morgan fingerprint density at radius 3 is 2.57 bits per heavy atom. The predicted molar refractivity (Wildman–Crippen MR) is 87.2 cm³/mol. The lowest BCUT2D eigenvalue weighted by Crippen LogP contribution is -2.48. The molecule has 0 amide bonds. The summed E-state index contributed by atoms with van der Waals surface area (Å²) in [5.74, 6) is 0. The summed E-state index contributed by atoms with van der Waals surface area (Å²) in [6.45, 7) is 2.49. The first kappa shape index (κ1) is 16.1. The van der Waals surface area contributed by atoms with Gasteiger partial charge in [0, 0.05) is 27.2 Å². The summed E-state index contributed by atoms with van der Waals surface area (Å²) in [7, 11) is 2.03. The van der Waals surface area contributed by atoms with Crippen molar-refractivity contribution >= 4 is 21.6 Å². The zero-order valence-corrected chi connectivity index (χ0v) is 13.7. The minimum Gasteiger partial charge on any atom is -0.371 e. The second-order valence-electron chi connectivity index (χ2n) is 5.27. The highest BCUT2D eigenvalue weighted by Gasteiger charge is 2.31. The van der Waals surface area contributed by atoms with E-state index in [1.807, 2.05) is 38.4 Å². The Kier molecular flexibility index (Phi) is 5.08. The smallest absolute Gasteiger partial charge is 0.303 e. The molecule has 6 nitrogen and oxygen atoms in total. The number of rotatable bonds is 6. The van der Waals surface area contributed by atoms with E-state index in [4.69, 9.17) is 0 Å². The monoisotopic (exact) mass is 312 g/mol. The normalized spacial score (nSPS) is 15.4. The van der Waals surface area contributed by atoms with Gasteiger partial charge in [0.2, 0.25) is 0 Å². The molecule has 0 saturated heterocycles. The Morgan fingerprint density at radius 1 is 1.24 bits per heavy atom. The molecule has 0 spiro atoms. The third-order valence-corrected chi connectivity index (χ3v) is 5.68. The second-order valence-corrected chi connectivity index (χ2v) is 7.23. The summed E-state index contributed by atoms with van der Waals surface area (Å²) in [4.78, 5) is 2.09. The summed E-state index contributed by atoms with van der Waals surface area (Å²) in [5.41, 5.74) is 1.71. The molecule has 118 valence electrons. The second kappa shape index (κ2) is 6.64. The van der Waals surface area contributed by atoms with Gasteiger partial charge in [-0.1, -0.05) is 12.1 Å². The molecule has 7 heteroatoms. The van der Waals surface area contributed by atoms with Crippen molar-refractivity contribution in [3.63, 3.8) is 0 Å². The minimum absolute atomic E-state index is 0.478. The molecule has 0 saturated carbocycles. The molecule has 1 aliphatic heterocycles. The van der Waals surface area contributed by atoms with E-state index in [-0.39, 0.29) is 0 Å². The third kappa shape index (κ3) is 3.30. The number of likely N-dealkylation sites (N-methyl/N-ethyl adjacent to an activating group) is 1. The lowest BCUT2D eigenvalue weighted by molar-refractivity contribution is 0.454. The Hall–Kier alpha value is -1.31. The Morgan fingerprint density at radius 2 is 1.90 bits per heavy atom. The van der Waals surface area contributed by atoms with Gasteiger partial charge >= 0.3 is 10.2 Å². The number of benzene rings is 1. The van der Waals surface area contributed by atoms with Crippen molar-refractivity contribution in [3.8, 4) is 0 Å². The maximum absolute atomic E-state index is 12.8. The lowest BCUT2D eigenvalue weighted by Gasteiger charge is -2.37. The van der Waals surface area contributed by atoms with Gasteiger partial charge in [0.1, 0.15) is 0 Å². The largest absolute Gasteiger partial charge is 0.371 e. The molecule has 1 N–H and O–H groups in total. The zero-order valence-electron chi connectivity index (χ0n) is 12.9. The van der Waals surface area contributed by atoms with E-state index < -0.39 is 10.2 Å². The molecular weight excluding hydrogens is 288 g/mol. The fourth-order valence-corrected chi connectivity index (χ4v) is 3.89. The average Bonchev–Trinajstić information content (AvgIpc) is 2.47. The fourth-order valence-electron chi connectivity index (χ4n) is 2.48. The molecule has 1 aliphatic rings. The Bertz CT molecular complexity index is 576. The molecule has 0 aromatic heterocycles. The molecule has 2 rings (SSSR count). The van der Waals surface area contributed by atoms with E-state index in [1.165, 1.54) is 8.61 Å². The number of nitrogens with one attached hydrogen (secondary N) is 1. The van der Waals surface area contributed by atoms with Gasteiger partial charge in [-0.3, -0.25) is 4.31 Å². The van der Waals surface area contributed by atoms with Gasteiger partial charge in [0.05, 0.1) is 17.9 Å². The van der Waals surface area contributed by atoms with Crippen molar-refractivity contribution in [2.45, 2.75) is 6.42 Å². The van der Waals surface area contributed by atoms with Crippen molar-refractivity contribution < 1.29 is 8.42 Å². The highest BCUT2D eigenvalue weighted by Crippen LogP contribution is 2.34. The van der Waals surface area contributed by atoms with Gasteiger partial charge in [0.25, 0.3) is 0 Å². The van der Waals surface area contributed by atoms with Gasteiger partial charge in [-0.05, 0) is 32.1 Å². The molecule has 0 aliphatic carbocycles. The summed E-state index contributed by atoms with van der Waals surface area (Å²) >= 11 is 0. The van der Waals surface area contributed by atoms with Crippen LogP contribution in [0.25, 0.3) is 0 Å². The minimum atomic E-state index is -3.47. The molecule has 0 fully saturated rings. The molecule has 0 radical (unpaired) electrons. The van der Waals surface area contributed by atoms with Gasteiger partial charge in [0.15, 0.2) is 0 Å². The van der Waals surface area contributed by atoms with Gasteiger partial charge in [-0.25, -0.2) is 0 Å². The highest BCUT2D eigenvalue weighted by molar-refractivity contribution is 7.90. The van der Waals surface area contributed by atoms with Crippen LogP contribution in [-0.4, -0.2) is 60.0 Å². The van der Waals surface area contributed by atoms with Crippen LogP contribution in [0.2, 0.25) is 0 Å².